The molecule has 0 bridgehead atoms. The highest BCUT2D eigenvalue weighted by Crippen LogP contribution is 2.40. The molecule has 7 nitrogen and oxygen atoms in total. The number of carbonyl (C=O) groups is 2. The van der Waals surface area contributed by atoms with Gasteiger partial charge in [-0.3, -0.25) is 9.59 Å². The second-order valence-electron chi connectivity index (χ2n) is 8.98. The van der Waals surface area contributed by atoms with Crippen molar-refractivity contribution < 1.29 is 28.6 Å². The van der Waals surface area contributed by atoms with Crippen LogP contribution in [0.15, 0.2) is 94.6 Å². The monoisotopic (exact) mass is 531 g/mol. The SMILES string of the molecule is COCCCN1C(=O)C(O)=C(C(=O)c2cc3cc(Cl)ccc3o2)C1c1cccc(OCc2ccccc2)c1. The van der Waals surface area contributed by atoms with E-state index in [2.05, 4.69) is 0 Å². The number of carbonyl (C=O) groups excluding carboxylic acids is 2. The second kappa shape index (κ2) is 11.1. The van der Waals surface area contributed by atoms with E-state index in [1.54, 1.807) is 49.6 Å². The molecule has 0 aliphatic carbocycles. The van der Waals surface area contributed by atoms with E-state index in [0.29, 0.717) is 46.9 Å². The standard InChI is InChI=1S/C30H26ClNO6/c1-36-14-6-13-32-27(20-9-5-10-23(16-20)37-18-19-7-3-2-4-8-19)26(29(34)30(32)35)28(33)25-17-21-15-22(31)11-12-24(21)38-25/h2-5,7-12,15-17,27,34H,6,13-14,18H2,1H3. The van der Waals surface area contributed by atoms with Crippen LogP contribution in [0.2, 0.25) is 5.02 Å². The first-order valence-corrected chi connectivity index (χ1v) is 12.6. The number of Topliss-reactive ketones (excluding diaryl/α,β-unsaturated/α-hetero) is 1. The van der Waals surface area contributed by atoms with Crippen molar-refractivity contribution in [2.45, 2.75) is 19.1 Å². The zero-order chi connectivity index (χ0) is 26.6. The van der Waals surface area contributed by atoms with Crippen LogP contribution >= 0.6 is 11.6 Å². The lowest BCUT2D eigenvalue weighted by atomic mass is 9.94. The predicted octanol–water partition coefficient (Wildman–Crippen LogP) is 6.28. The third-order valence-electron chi connectivity index (χ3n) is 6.42. The summed E-state index contributed by atoms with van der Waals surface area (Å²) in [7, 11) is 1.58. The summed E-state index contributed by atoms with van der Waals surface area (Å²) in [6, 6.07) is 22.7. The minimum absolute atomic E-state index is 0.0110. The van der Waals surface area contributed by atoms with Crippen LogP contribution in [-0.2, 0) is 16.1 Å². The second-order valence-corrected chi connectivity index (χ2v) is 9.41. The number of benzene rings is 3. The number of ketones is 1. The van der Waals surface area contributed by atoms with E-state index in [4.69, 9.17) is 25.5 Å². The first-order chi connectivity index (χ1) is 18.5. The number of fused-ring (bicyclic) bond motifs is 1. The zero-order valence-corrected chi connectivity index (χ0v) is 21.5. The molecule has 0 radical (unpaired) electrons. The Morgan fingerprint density at radius 3 is 2.66 bits per heavy atom. The number of hydrogen-bond acceptors (Lipinski definition) is 6. The molecule has 4 aromatic rings. The fourth-order valence-electron chi connectivity index (χ4n) is 4.62. The van der Waals surface area contributed by atoms with E-state index < -0.39 is 23.5 Å². The van der Waals surface area contributed by atoms with Gasteiger partial charge in [-0.15, -0.1) is 0 Å². The average Bonchev–Trinajstić information content (AvgIpc) is 3.46. The Balaban J connectivity index is 1.50. The normalized spacial score (nSPS) is 15.5. The Morgan fingerprint density at radius 2 is 1.87 bits per heavy atom. The maximum Gasteiger partial charge on any atom is 0.290 e. The molecule has 0 fully saturated rings. The van der Waals surface area contributed by atoms with Crippen molar-refractivity contribution in [1.82, 2.24) is 4.90 Å². The molecule has 8 heteroatoms. The molecule has 1 atom stereocenters. The number of amides is 1. The Bertz CT molecular complexity index is 1510. The molecular formula is C30H26ClNO6. The number of nitrogens with zero attached hydrogens (tertiary/aromatic N) is 1. The number of ether oxygens (including phenoxy) is 2. The molecule has 1 N–H and O–H groups in total. The van der Waals surface area contributed by atoms with Crippen molar-refractivity contribution >= 4 is 34.3 Å². The molecule has 0 saturated heterocycles. The molecule has 0 saturated carbocycles. The fourth-order valence-corrected chi connectivity index (χ4v) is 4.80. The number of rotatable bonds is 10. The number of aliphatic hydroxyl groups is 1. The summed E-state index contributed by atoms with van der Waals surface area (Å²) < 4.78 is 16.9. The van der Waals surface area contributed by atoms with Gasteiger partial charge in [-0.05, 0) is 53.9 Å². The molecule has 194 valence electrons. The molecular weight excluding hydrogens is 506 g/mol. The van der Waals surface area contributed by atoms with E-state index in [0.717, 1.165) is 5.56 Å². The molecule has 5 rings (SSSR count). The quantitative estimate of drug-likeness (QED) is 0.191. The van der Waals surface area contributed by atoms with Gasteiger partial charge in [0.2, 0.25) is 5.78 Å². The Kier molecular flexibility index (Phi) is 7.49. The van der Waals surface area contributed by atoms with Crippen LogP contribution in [0.4, 0.5) is 0 Å². The van der Waals surface area contributed by atoms with Gasteiger partial charge in [-0.1, -0.05) is 54.1 Å². The van der Waals surface area contributed by atoms with Crippen LogP contribution in [0.1, 0.15) is 34.1 Å². The van der Waals surface area contributed by atoms with E-state index in [9.17, 15) is 14.7 Å². The van der Waals surface area contributed by atoms with Gasteiger partial charge in [-0.25, -0.2) is 0 Å². The zero-order valence-electron chi connectivity index (χ0n) is 20.7. The highest BCUT2D eigenvalue weighted by Gasteiger charge is 2.44. The molecule has 2 heterocycles. The minimum Gasteiger partial charge on any atom is -0.503 e. The van der Waals surface area contributed by atoms with Crippen LogP contribution < -0.4 is 4.74 Å². The van der Waals surface area contributed by atoms with Crippen molar-refractivity contribution in [3.05, 3.63) is 112 Å². The number of halogens is 1. The summed E-state index contributed by atoms with van der Waals surface area (Å²) in [5.41, 5.74) is 2.08. The van der Waals surface area contributed by atoms with Gasteiger partial charge in [0, 0.05) is 30.7 Å². The van der Waals surface area contributed by atoms with Crippen molar-refractivity contribution in [3.8, 4) is 5.75 Å². The van der Waals surface area contributed by atoms with Gasteiger partial charge in [0.1, 0.15) is 17.9 Å². The van der Waals surface area contributed by atoms with Crippen molar-refractivity contribution in [3.63, 3.8) is 0 Å². The first-order valence-electron chi connectivity index (χ1n) is 12.2. The highest BCUT2D eigenvalue weighted by atomic mass is 35.5. The van der Waals surface area contributed by atoms with E-state index in [1.807, 2.05) is 36.4 Å². The maximum atomic E-state index is 13.7. The molecule has 1 amide bonds. The topological polar surface area (TPSA) is 89.2 Å². The lowest BCUT2D eigenvalue weighted by molar-refractivity contribution is -0.129. The third kappa shape index (κ3) is 5.16. The molecule has 3 aromatic carbocycles. The summed E-state index contributed by atoms with van der Waals surface area (Å²) in [5, 5.41) is 12.1. The summed E-state index contributed by atoms with van der Waals surface area (Å²) in [4.78, 5) is 28.4. The van der Waals surface area contributed by atoms with Crippen molar-refractivity contribution in [1.29, 1.82) is 0 Å². The van der Waals surface area contributed by atoms with E-state index in [-0.39, 0.29) is 17.9 Å². The molecule has 38 heavy (non-hydrogen) atoms. The molecule has 1 aromatic heterocycles. The van der Waals surface area contributed by atoms with Gasteiger partial charge in [-0.2, -0.15) is 0 Å². The van der Waals surface area contributed by atoms with Crippen LogP contribution in [0, 0.1) is 0 Å². The Hall–Kier alpha value is -4.07. The highest BCUT2D eigenvalue weighted by molar-refractivity contribution is 6.31. The first kappa shape index (κ1) is 25.6. The van der Waals surface area contributed by atoms with Crippen LogP contribution in [0.3, 0.4) is 0 Å². The average molecular weight is 532 g/mol. The number of furan rings is 1. The van der Waals surface area contributed by atoms with Gasteiger partial charge < -0.3 is 23.9 Å². The largest absolute Gasteiger partial charge is 0.503 e. The maximum absolute atomic E-state index is 13.7. The van der Waals surface area contributed by atoms with Gasteiger partial charge in [0.15, 0.2) is 11.5 Å². The molecule has 0 spiro atoms. The van der Waals surface area contributed by atoms with Crippen LogP contribution in [0.5, 0.6) is 5.75 Å². The number of hydrogen-bond donors (Lipinski definition) is 1. The lowest BCUT2D eigenvalue weighted by Gasteiger charge is -2.27. The lowest BCUT2D eigenvalue weighted by Crippen LogP contribution is -2.32. The van der Waals surface area contributed by atoms with E-state index in [1.165, 1.54) is 4.90 Å². The fraction of sp³-hybridized carbons (Fsp3) is 0.200. The Morgan fingerprint density at radius 1 is 1.05 bits per heavy atom. The van der Waals surface area contributed by atoms with Crippen LogP contribution in [0.25, 0.3) is 11.0 Å². The number of aliphatic hydroxyl groups excluding tert-OH is 1. The summed E-state index contributed by atoms with van der Waals surface area (Å²) in [6.45, 7) is 1.06. The molecule has 1 aliphatic heterocycles. The van der Waals surface area contributed by atoms with Crippen molar-refractivity contribution in [2.75, 3.05) is 20.3 Å². The van der Waals surface area contributed by atoms with Gasteiger partial charge in [0.25, 0.3) is 5.91 Å². The summed E-state index contributed by atoms with van der Waals surface area (Å²) in [6.07, 6.45) is 0.529. The van der Waals surface area contributed by atoms with Gasteiger partial charge >= 0.3 is 0 Å². The van der Waals surface area contributed by atoms with E-state index >= 15 is 0 Å². The minimum atomic E-state index is -0.830. The predicted molar refractivity (Wildman–Crippen MR) is 143 cm³/mol. The third-order valence-corrected chi connectivity index (χ3v) is 6.66. The molecule has 1 aliphatic rings. The molecule has 1 unspecified atom stereocenters. The number of methoxy groups -OCH3 is 1. The van der Waals surface area contributed by atoms with Crippen LogP contribution in [-0.4, -0.2) is 42.0 Å². The Labute approximate surface area is 224 Å². The summed E-state index contributed by atoms with van der Waals surface area (Å²) in [5.74, 6) is -1.20. The smallest absolute Gasteiger partial charge is 0.290 e. The van der Waals surface area contributed by atoms with Crippen molar-refractivity contribution in [2.24, 2.45) is 0 Å². The summed E-state index contributed by atoms with van der Waals surface area (Å²) >= 11 is 6.09. The van der Waals surface area contributed by atoms with Gasteiger partial charge in [0.05, 0.1) is 11.6 Å².